The molecule has 2 N–H and O–H groups in total. The molecule has 3 heterocycles. The Kier molecular flexibility index (Phi) is 9.39. The molecule has 0 radical (unpaired) electrons. The van der Waals surface area contributed by atoms with E-state index in [2.05, 4.69) is 29.9 Å². The van der Waals surface area contributed by atoms with Gasteiger partial charge in [0, 0.05) is 49.6 Å². The second kappa shape index (κ2) is 12.7. The predicted molar refractivity (Wildman–Crippen MR) is 137 cm³/mol. The number of hydrogen-bond donors (Lipinski definition) is 2. The summed E-state index contributed by atoms with van der Waals surface area (Å²) >= 11 is 1.50. The third kappa shape index (κ3) is 6.25. The van der Waals surface area contributed by atoms with Crippen LogP contribution in [0.4, 0.5) is 5.95 Å². The molecule has 0 fully saturated rings. The van der Waals surface area contributed by atoms with Crippen LogP contribution in [0.15, 0.2) is 49.1 Å². The highest BCUT2D eigenvalue weighted by Crippen LogP contribution is 2.37. The SMILES string of the molecule is CO.COc1cccc(OC)c1-n1c(NSCCc2ncc(C)cn2)nnc1-c1cncc(C)c1. The van der Waals surface area contributed by atoms with Crippen LogP contribution in [0.2, 0.25) is 0 Å². The summed E-state index contributed by atoms with van der Waals surface area (Å²) in [5.41, 5.74) is 3.60. The molecular weight excluding hydrogens is 466 g/mol. The van der Waals surface area contributed by atoms with Gasteiger partial charge in [-0.15, -0.1) is 10.2 Å². The highest BCUT2D eigenvalue weighted by molar-refractivity contribution is 8.00. The molecule has 3 aromatic heterocycles. The first-order chi connectivity index (χ1) is 17.1. The molecule has 4 rings (SSSR count). The number of aromatic nitrogens is 6. The van der Waals surface area contributed by atoms with Gasteiger partial charge in [0.25, 0.3) is 0 Å². The van der Waals surface area contributed by atoms with E-state index < -0.39 is 0 Å². The average Bonchev–Trinajstić information content (AvgIpc) is 3.31. The summed E-state index contributed by atoms with van der Waals surface area (Å²) in [5.74, 6) is 3.99. The van der Waals surface area contributed by atoms with Crippen molar-refractivity contribution in [2.75, 3.05) is 31.8 Å². The quantitative estimate of drug-likeness (QED) is 0.263. The molecule has 11 heteroatoms. The Morgan fingerprint density at radius 1 is 0.943 bits per heavy atom. The third-order valence-corrected chi connectivity index (χ3v) is 5.58. The second-order valence-electron chi connectivity index (χ2n) is 7.32. The van der Waals surface area contributed by atoms with Crippen LogP contribution in [0.3, 0.4) is 0 Å². The van der Waals surface area contributed by atoms with Gasteiger partial charge in [0.15, 0.2) is 5.82 Å². The van der Waals surface area contributed by atoms with E-state index in [0.29, 0.717) is 29.0 Å². The third-order valence-electron chi connectivity index (χ3n) is 4.85. The van der Waals surface area contributed by atoms with Crippen LogP contribution in [-0.2, 0) is 6.42 Å². The summed E-state index contributed by atoms with van der Waals surface area (Å²) < 4.78 is 16.5. The molecule has 0 aliphatic heterocycles. The van der Waals surface area contributed by atoms with Crippen molar-refractivity contribution in [2.24, 2.45) is 0 Å². The van der Waals surface area contributed by atoms with E-state index >= 15 is 0 Å². The van der Waals surface area contributed by atoms with Gasteiger partial charge in [0.1, 0.15) is 23.0 Å². The zero-order chi connectivity index (χ0) is 25.2. The summed E-state index contributed by atoms with van der Waals surface area (Å²) in [6.07, 6.45) is 7.94. The van der Waals surface area contributed by atoms with Crippen molar-refractivity contribution >= 4 is 17.9 Å². The maximum Gasteiger partial charge on any atom is 0.239 e. The molecule has 0 saturated carbocycles. The molecule has 0 atom stereocenters. The van der Waals surface area contributed by atoms with Crippen LogP contribution in [0, 0.1) is 13.8 Å². The first-order valence-electron chi connectivity index (χ1n) is 10.8. The number of para-hydroxylation sites is 1. The fraction of sp³-hybridized carbons (Fsp3) is 0.292. The van der Waals surface area contributed by atoms with E-state index in [9.17, 15) is 0 Å². The topological polar surface area (TPSA) is 120 Å². The van der Waals surface area contributed by atoms with Crippen molar-refractivity contribution in [1.82, 2.24) is 29.7 Å². The molecule has 0 unspecified atom stereocenters. The standard InChI is InChI=1S/C23H25N7O2S.CH4O/c1-15-10-17(14-24-11-15)22-27-28-23(29-33-9-8-20-25-12-16(2)13-26-20)30(22)21-18(31-3)6-5-7-19(21)32-4;1-2/h5-7,10-14H,8-9H2,1-4H3,(H,28,29);2H,1H3. The molecule has 0 bridgehead atoms. The monoisotopic (exact) mass is 495 g/mol. The number of benzene rings is 1. The summed E-state index contributed by atoms with van der Waals surface area (Å²) in [5, 5.41) is 15.9. The minimum atomic E-state index is 0.545. The van der Waals surface area contributed by atoms with Crippen LogP contribution < -0.4 is 14.2 Å². The lowest BCUT2D eigenvalue weighted by molar-refractivity contribution is 0.391. The average molecular weight is 496 g/mol. The van der Waals surface area contributed by atoms with Gasteiger partial charge in [-0.25, -0.2) is 9.97 Å². The van der Waals surface area contributed by atoms with Crippen molar-refractivity contribution in [1.29, 1.82) is 0 Å². The number of anilines is 1. The Morgan fingerprint density at radius 2 is 1.63 bits per heavy atom. The summed E-state index contributed by atoms with van der Waals surface area (Å²) in [4.78, 5) is 13.0. The number of aryl methyl sites for hydroxylation is 3. The highest BCUT2D eigenvalue weighted by atomic mass is 32.2. The van der Waals surface area contributed by atoms with Gasteiger partial charge in [-0.3, -0.25) is 14.3 Å². The van der Waals surface area contributed by atoms with Gasteiger partial charge in [-0.1, -0.05) is 6.07 Å². The van der Waals surface area contributed by atoms with E-state index in [-0.39, 0.29) is 0 Å². The number of methoxy groups -OCH3 is 2. The fourth-order valence-electron chi connectivity index (χ4n) is 3.28. The van der Waals surface area contributed by atoms with Gasteiger partial charge >= 0.3 is 0 Å². The molecule has 0 amide bonds. The Hall–Kier alpha value is -3.70. The van der Waals surface area contributed by atoms with E-state index in [1.165, 1.54) is 11.9 Å². The Balaban J connectivity index is 0.00000167. The highest BCUT2D eigenvalue weighted by Gasteiger charge is 2.22. The zero-order valence-electron chi connectivity index (χ0n) is 20.4. The number of aliphatic hydroxyl groups excluding tert-OH is 1. The van der Waals surface area contributed by atoms with Crippen molar-refractivity contribution in [3.8, 4) is 28.6 Å². The largest absolute Gasteiger partial charge is 0.494 e. The van der Waals surface area contributed by atoms with Crippen LogP contribution in [0.25, 0.3) is 17.1 Å². The maximum atomic E-state index is 7.00. The van der Waals surface area contributed by atoms with Crippen molar-refractivity contribution in [3.05, 3.63) is 66.0 Å². The Morgan fingerprint density at radius 3 is 2.26 bits per heavy atom. The van der Waals surface area contributed by atoms with E-state index in [0.717, 1.165) is 41.8 Å². The van der Waals surface area contributed by atoms with E-state index in [1.54, 1.807) is 26.6 Å². The van der Waals surface area contributed by atoms with Crippen molar-refractivity contribution < 1.29 is 14.6 Å². The number of hydrogen-bond acceptors (Lipinski definition) is 10. The lowest BCUT2D eigenvalue weighted by Gasteiger charge is -2.17. The number of nitrogens with one attached hydrogen (secondary N) is 1. The summed E-state index contributed by atoms with van der Waals surface area (Å²) in [7, 11) is 4.25. The molecule has 35 heavy (non-hydrogen) atoms. The van der Waals surface area contributed by atoms with Crippen LogP contribution in [0.1, 0.15) is 17.0 Å². The maximum absolute atomic E-state index is 7.00. The fourth-order valence-corrected chi connectivity index (χ4v) is 3.93. The van der Waals surface area contributed by atoms with Gasteiger partial charge in [0.05, 0.1) is 14.2 Å². The zero-order valence-corrected chi connectivity index (χ0v) is 21.2. The lowest BCUT2D eigenvalue weighted by Crippen LogP contribution is -2.07. The van der Waals surface area contributed by atoms with E-state index in [1.807, 2.05) is 55.1 Å². The lowest BCUT2D eigenvalue weighted by atomic mass is 10.2. The second-order valence-corrected chi connectivity index (χ2v) is 8.22. The minimum absolute atomic E-state index is 0.545. The Labute approximate surface area is 208 Å². The predicted octanol–water partition coefficient (Wildman–Crippen LogP) is 3.66. The van der Waals surface area contributed by atoms with Crippen molar-refractivity contribution in [2.45, 2.75) is 20.3 Å². The van der Waals surface area contributed by atoms with Crippen molar-refractivity contribution in [3.63, 3.8) is 0 Å². The summed E-state index contributed by atoms with van der Waals surface area (Å²) in [6.45, 7) is 3.96. The number of ether oxygens (including phenoxy) is 2. The molecule has 0 aliphatic rings. The van der Waals surface area contributed by atoms with Crippen LogP contribution >= 0.6 is 11.9 Å². The van der Waals surface area contributed by atoms with Crippen LogP contribution in [0.5, 0.6) is 11.5 Å². The van der Waals surface area contributed by atoms with Gasteiger partial charge in [0.2, 0.25) is 5.95 Å². The number of rotatable bonds is 9. The molecule has 0 saturated heterocycles. The molecule has 10 nitrogen and oxygen atoms in total. The summed E-state index contributed by atoms with van der Waals surface area (Å²) in [6, 6.07) is 7.65. The normalized spacial score (nSPS) is 10.3. The minimum Gasteiger partial charge on any atom is -0.494 e. The Bertz CT molecular complexity index is 1210. The molecule has 0 aliphatic carbocycles. The molecule has 1 aromatic carbocycles. The first-order valence-corrected chi connectivity index (χ1v) is 11.8. The smallest absolute Gasteiger partial charge is 0.239 e. The molecular formula is C24H29N7O3S. The molecule has 0 spiro atoms. The molecule has 184 valence electrons. The number of pyridine rings is 1. The van der Waals surface area contributed by atoms with Gasteiger partial charge in [-0.05, 0) is 55.1 Å². The first kappa shape index (κ1) is 25.9. The van der Waals surface area contributed by atoms with Crippen LogP contribution in [-0.4, -0.2) is 61.9 Å². The van der Waals surface area contributed by atoms with Gasteiger partial charge < -0.3 is 14.6 Å². The number of nitrogens with zero attached hydrogens (tertiary/aromatic N) is 6. The number of aliphatic hydroxyl groups is 1. The molecule has 4 aromatic rings. The van der Waals surface area contributed by atoms with Gasteiger partial charge in [-0.2, -0.15) is 0 Å². The van der Waals surface area contributed by atoms with E-state index in [4.69, 9.17) is 14.6 Å².